The lowest BCUT2D eigenvalue weighted by atomic mass is 10.4. The predicted octanol–water partition coefficient (Wildman–Crippen LogP) is 1.89. The summed E-state index contributed by atoms with van der Waals surface area (Å²) in [6, 6.07) is 0. The summed E-state index contributed by atoms with van der Waals surface area (Å²) in [5.74, 6) is -0.677. The number of amides is 1. The molecule has 0 radical (unpaired) electrons. The average molecular weight is 215 g/mol. The van der Waals surface area contributed by atoms with Crippen LogP contribution in [0.3, 0.4) is 0 Å². The van der Waals surface area contributed by atoms with E-state index in [4.69, 9.17) is 4.74 Å². The maximum atomic E-state index is 11.3. The molecule has 1 amide bonds. The monoisotopic (exact) mass is 215 g/mol. The topological polar surface area (TPSA) is 55.8 Å². The number of hydrogen-bond donors (Lipinski definition) is 0. The second-order valence-electron chi connectivity index (χ2n) is 2.78. The molecule has 0 saturated carbocycles. The highest BCUT2D eigenvalue weighted by atomic mass is 16.7. The fraction of sp³-hybridized carbons (Fsp3) is 0.600. The highest BCUT2D eigenvalue weighted by Crippen LogP contribution is 1.98. The lowest BCUT2D eigenvalue weighted by molar-refractivity contribution is -0.174. The molecule has 0 fully saturated rings. The van der Waals surface area contributed by atoms with Gasteiger partial charge in [-0.1, -0.05) is 19.9 Å². The summed E-state index contributed by atoms with van der Waals surface area (Å²) in [5, 5.41) is 0.861. The van der Waals surface area contributed by atoms with Gasteiger partial charge in [0.25, 0.3) is 0 Å². The third-order valence-corrected chi connectivity index (χ3v) is 1.58. The van der Waals surface area contributed by atoms with E-state index in [2.05, 4.69) is 11.4 Å². The zero-order valence-electron chi connectivity index (χ0n) is 9.19. The van der Waals surface area contributed by atoms with Gasteiger partial charge in [0.2, 0.25) is 0 Å². The second-order valence-corrected chi connectivity index (χ2v) is 2.78. The van der Waals surface area contributed by atoms with E-state index in [1.165, 1.54) is 0 Å². The van der Waals surface area contributed by atoms with Crippen molar-refractivity contribution >= 4 is 12.1 Å². The van der Waals surface area contributed by atoms with E-state index >= 15 is 0 Å². The van der Waals surface area contributed by atoms with Gasteiger partial charge in [-0.05, 0) is 13.3 Å². The van der Waals surface area contributed by atoms with Gasteiger partial charge in [-0.25, -0.2) is 9.59 Å². The first-order valence-corrected chi connectivity index (χ1v) is 4.94. The van der Waals surface area contributed by atoms with Crippen molar-refractivity contribution in [3.05, 3.63) is 12.7 Å². The van der Waals surface area contributed by atoms with Crippen LogP contribution >= 0.6 is 0 Å². The van der Waals surface area contributed by atoms with E-state index in [-0.39, 0.29) is 6.54 Å². The van der Waals surface area contributed by atoms with E-state index in [9.17, 15) is 9.59 Å². The van der Waals surface area contributed by atoms with Crippen LogP contribution in [-0.2, 0) is 14.4 Å². The molecule has 0 aromatic rings. The molecule has 0 bridgehead atoms. The number of ether oxygens (including phenoxy) is 1. The highest BCUT2D eigenvalue weighted by molar-refractivity contribution is 5.82. The molecule has 0 aromatic carbocycles. The summed E-state index contributed by atoms with van der Waals surface area (Å²) >= 11 is 0. The molecule has 5 nitrogen and oxygen atoms in total. The van der Waals surface area contributed by atoms with Gasteiger partial charge in [-0.15, -0.1) is 5.06 Å². The molecule has 0 aliphatic heterocycles. The number of carbonyl (C=O) groups is 2. The van der Waals surface area contributed by atoms with Crippen molar-refractivity contribution in [2.75, 3.05) is 13.2 Å². The summed E-state index contributed by atoms with van der Waals surface area (Å²) in [7, 11) is 0. The summed E-state index contributed by atoms with van der Waals surface area (Å²) < 4.78 is 4.86. The SMILES string of the molecule is C=CC(=O)ON(CC)C(=O)OCCCC. The zero-order chi connectivity index (χ0) is 11.7. The van der Waals surface area contributed by atoms with Crippen LogP contribution in [0.2, 0.25) is 0 Å². The Kier molecular flexibility index (Phi) is 7.05. The summed E-state index contributed by atoms with van der Waals surface area (Å²) in [6.07, 6.45) is 2.06. The molecule has 0 N–H and O–H groups in total. The molecule has 0 aliphatic rings. The Bertz CT molecular complexity index is 227. The van der Waals surface area contributed by atoms with Crippen molar-refractivity contribution in [3.63, 3.8) is 0 Å². The maximum Gasteiger partial charge on any atom is 0.443 e. The Hall–Kier alpha value is -1.52. The van der Waals surface area contributed by atoms with Gasteiger partial charge in [-0.3, -0.25) is 0 Å². The second kappa shape index (κ2) is 7.84. The van der Waals surface area contributed by atoms with Crippen LogP contribution in [0.25, 0.3) is 0 Å². The van der Waals surface area contributed by atoms with Crippen molar-refractivity contribution in [1.29, 1.82) is 0 Å². The van der Waals surface area contributed by atoms with Gasteiger partial charge < -0.3 is 9.57 Å². The van der Waals surface area contributed by atoms with Crippen molar-refractivity contribution < 1.29 is 19.2 Å². The zero-order valence-corrected chi connectivity index (χ0v) is 9.19. The molecule has 0 unspecified atom stereocenters. The number of hydrogen-bond acceptors (Lipinski definition) is 4. The number of rotatable bonds is 5. The van der Waals surface area contributed by atoms with Gasteiger partial charge in [0.05, 0.1) is 13.2 Å². The predicted molar refractivity (Wildman–Crippen MR) is 54.9 cm³/mol. The molecule has 0 spiro atoms. The highest BCUT2D eigenvalue weighted by Gasteiger charge is 2.16. The number of carbonyl (C=O) groups excluding carboxylic acids is 2. The molecule has 86 valence electrons. The van der Waals surface area contributed by atoms with E-state index < -0.39 is 12.1 Å². The van der Waals surface area contributed by atoms with E-state index in [1.807, 2.05) is 6.92 Å². The summed E-state index contributed by atoms with van der Waals surface area (Å²) in [5.41, 5.74) is 0. The molecule has 5 heteroatoms. The molecule has 0 atom stereocenters. The summed E-state index contributed by atoms with van der Waals surface area (Å²) in [4.78, 5) is 26.8. The largest absolute Gasteiger partial charge is 0.447 e. The van der Waals surface area contributed by atoms with Crippen LogP contribution in [0, 0.1) is 0 Å². The minimum absolute atomic E-state index is 0.241. The molecular weight excluding hydrogens is 198 g/mol. The average Bonchev–Trinajstić information content (AvgIpc) is 2.25. The van der Waals surface area contributed by atoms with Crippen LogP contribution in [0.1, 0.15) is 26.7 Å². The molecule has 0 rings (SSSR count). The normalized spacial score (nSPS) is 9.20. The van der Waals surface area contributed by atoms with Gasteiger partial charge in [0.1, 0.15) is 0 Å². The fourth-order valence-corrected chi connectivity index (χ4v) is 0.753. The van der Waals surface area contributed by atoms with Gasteiger partial charge in [0, 0.05) is 6.08 Å². The Morgan fingerprint density at radius 2 is 2.07 bits per heavy atom. The minimum atomic E-state index is -0.677. The van der Waals surface area contributed by atoms with E-state index in [0.717, 1.165) is 24.0 Å². The standard InChI is InChI=1S/C10H17NO4/c1-4-7-8-14-10(13)11(6-3)15-9(12)5-2/h5H,2,4,6-8H2,1,3H3. The van der Waals surface area contributed by atoms with Gasteiger partial charge in [0.15, 0.2) is 0 Å². The molecule has 15 heavy (non-hydrogen) atoms. The van der Waals surface area contributed by atoms with Crippen molar-refractivity contribution in [2.45, 2.75) is 26.7 Å². The lowest BCUT2D eigenvalue weighted by Gasteiger charge is -2.17. The Morgan fingerprint density at radius 1 is 1.40 bits per heavy atom. The number of unbranched alkanes of at least 4 members (excludes halogenated alkanes) is 1. The van der Waals surface area contributed by atoms with Gasteiger partial charge >= 0.3 is 12.1 Å². The number of nitrogens with zero attached hydrogens (tertiary/aromatic N) is 1. The molecule has 0 saturated heterocycles. The Morgan fingerprint density at radius 3 is 2.53 bits per heavy atom. The first kappa shape index (κ1) is 13.5. The van der Waals surface area contributed by atoms with Crippen molar-refractivity contribution in [1.82, 2.24) is 5.06 Å². The third kappa shape index (κ3) is 5.72. The summed E-state index contributed by atoms with van der Waals surface area (Å²) in [6.45, 7) is 7.47. The van der Waals surface area contributed by atoms with E-state index in [0.29, 0.717) is 6.61 Å². The molecule has 0 heterocycles. The van der Waals surface area contributed by atoms with Crippen LogP contribution in [-0.4, -0.2) is 30.3 Å². The molecule has 0 aliphatic carbocycles. The third-order valence-electron chi connectivity index (χ3n) is 1.58. The van der Waals surface area contributed by atoms with Gasteiger partial charge in [-0.2, -0.15) is 0 Å². The van der Waals surface area contributed by atoms with Crippen molar-refractivity contribution in [3.8, 4) is 0 Å². The van der Waals surface area contributed by atoms with E-state index in [1.54, 1.807) is 6.92 Å². The number of hydroxylamine groups is 2. The molecule has 0 aromatic heterocycles. The van der Waals surface area contributed by atoms with Crippen LogP contribution < -0.4 is 0 Å². The minimum Gasteiger partial charge on any atom is -0.447 e. The molecular formula is C10H17NO4. The van der Waals surface area contributed by atoms with Crippen LogP contribution in [0.15, 0.2) is 12.7 Å². The Balaban J connectivity index is 3.98. The first-order valence-electron chi connectivity index (χ1n) is 4.94. The van der Waals surface area contributed by atoms with Crippen LogP contribution in [0.4, 0.5) is 4.79 Å². The first-order chi connectivity index (χ1) is 7.15. The quantitative estimate of drug-likeness (QED) is 0.399. The maximum absolute atomic E-state index is 11.3. The smallest absolute Gasteiger partial charge is 0.443 e. The Labute approximate surface area is 89.6 Å². The van der Waals surface area contributed by atoms with Crippen LogP contribution in [0.5, 0.6) is 0 Å². The fourth-order valence-electron chi connectivity index (χ4n) is 0.753. The van der Waals surface area contributed by atoms with Crippen molar-refractivity contribution in [2.24, 2.45) is 0 Å². The lowest BCUT2D eigenvalue weighted by Crippen LogP contribution is -2.33.